The largest absolute Gasteiger partial charge is 0.508 e. The number of alkyl halides is 4. The molecule has 0 aliphatic rings. The molecule has 0 bridgehead atoms. The number of benzene rings is 1. The first-order valence-electron chi connectivity index (χ1n) is 4.35. The van der Waals surface area contributed by atoms with Crippen molar-refractivity contribution in [1.29, 1.82) is 0 Å². The minimum Gasteiger partial charge on any atom is -0.508 e. The number of phenolic OH excluding ortho intramolecular Hbond substituents is 1. The van der Waals surface area contributed by atoms with Crippen molar-refractivity contribution in [2.75, 3.05) is 5.88 Å². The Labute approximate surface area is 94.6 Å². The lowest BCUT2D eigenvalue weighted by atomic mass is 10.0. The molecule has 0 unspecified atom stereocenters. The molecule has 88 valence electrons. The molecule has 0 fully saturated rings. The maximum atomic E-state index is 12.5. The van der Waals surface area contributed by atoms with E-state index in [9.17, 15) is 18.0 Å². The van der Waals surface area contributed by atoms with Crippen molar-refractivity contribution in [3.63, 3.8) is 0 Å². The quantitative estimate of drug-likeness (QED) is 0.662. The fourth-order valence-corrected chi connectivity index (χ4v) is 1.40. The monoisotopic (exact) mass is 252 g/mol. The standard InChI is InChI=1S/C10H8ClF3O2/c11-4-3-9(16)7-5-6(15)1-2-8(7)10(12,13)14/h1-2,5,15H,3-4H2. The highest BCUT2D eigenvalue weighted by Gasteiger charge is 2.35. The topological polar surface area (TPSA) is 37.3 Å². The Morgan fingerprint density at radius 3 is 2.50 bits per heavy atom. The highest BCUT2D eigenvalue weighted by molar-refractivity contribution is 6.19. The van der Waals surface area contributed by atoms with E-state index >= 15 is 0 Å². The van der Waals surface area contributed by atoms with Gasteiger partial charge in [-0.3, -0.25) is 4.79 Å². The van der Waals surface area contributed by atoms with Crippen LogP contribution in [0.5, 0.6) is 5.75 Å². The van der Waals surface area contributed by atoms with Gasteiger partial charge in [0.05, 0.1) is 5.56 Å². The first-order chi connectivity index (χ1) is 7.36. The lowest BCUT2D eigenvalue weighted by Gasteiger charge is -2.11. The van der Waals surface area contributed by atoms with Crippen LogP contribution in [-0.2, 0) is 6.18 Å². The van der Waals surface area contributed by atoms with Crippen molar-refractivity contribution in [3.8, 4) is 5.75 Å². The summed E-state index contributed by atoms with van der Waals surface area (Å²) in [5, 5.41) is 9.07. The van der Waals surface area contributed by atoms with Crippen molar-refractivity contribution in [3.05, 3.63) is 29.3 Å². The van der Waals surface area contributed by atoms with E-state index in [4.69, 9.17) is 16.7 Å². The zero-order valence-electron chi connectivity index (χ0n) is 8.01. The van der Waals surface area contributed by atoms with Gasteiger partial charge in [-0.05, 0) is 18.2 Å². The van der Waals surface area contributed by atoms with E-state index in [2.05, 4.69) is 0 Å². The van der Waals surface area contributed by atoms with Crippen molar-refractivity contribution >= 4 is 17.4 Å². The molecule has 1 rings (SSSR count). The van der Waals surface area contributed by atoms with Gasteiger partial charge in [0.1, 0.15) is 5.75 Å². The van der Waals surface area contributed by atoms with E-state index in [1.54, 1.807) is 0 Å². The summed E-state index contributed by atoms with van der Waals surface area (Å²) < 4.78 is 37.5. The van der Waals surface area contributed by atoms with E-state index in [-0.39, 0.29) is 18.1 Å². The number of carbonyl (C=O) groups is 1. The van der Waals surface area contributed by atoms with Gasteiger partial charge in [-0.2, -0.15) is 13.2 Å². The smallest absolute Gasteiger partial charge is 0.417 e. The Morgan fingerprint density at radius 2 is 2.00 bits per heavy atom. The Balaban J connectivity index is 3.24. The van der Waals surface area contributed by atoms with Crippen molar-refractivity contribution < 1.29 is 23.1 Å². The average molecular weight is 253 g/mol. The van der Waals surface area contributed by atoms with Gasteiger partial charge in [-0.15, -0.1) is 11.6 Å². The van der Waals surface area contributed by atoms with Crippen molar-refractivity contribution in [2.24, 2.45) is 0 Å². The number of hydrogen-bond acceptors (Lipinski definition) is 2. The summed E-state index contributed by atoms with van der Waals surface area (Å²) >= 11 is 5.29. The number of aromatic hydroxyl groups is 1. The zero-order chi connectivity index (χ0) is 12.3. The maximum absolute atomic E-state index is 12.5. The molecule has 0 amide bonds. The Kier molecular flexibility index (Phi) is 3.80. The molecule has 1 aromatic carbocycles. The van der Waals surface area contributed by atoms with Gasteiger partial charge < -0.3 is 5.11 Å². The highest BCUT2D eigenvalue weighted by Crippen LogP contribution is 2.34. The van der Waals surface area contributed by atoms with E-state index in [1.165, 1.54) is 0 Å². The number of phenols is 1. The molecule has 2 nitrogen and oxygen atoms in total. The lowest BCUT2D eigenvalue weighted by Crippen LogP contribution is -2.13. The fraction of sp³-hybridized carbons (Fsp3) is 0.300. The molecular formula is C10H8ClF3O2. The van der Waals surface area contributed by atoms with Crippen LogP contribution in [-0.4, -0.2) is 16.8 Å². The van der Waals surface area contributed by atoms with Crippen LogP contribution < -0.4 is 0 Å². The maximum Gasteiger partial charge on any atom is 0.417 e. The molecule has 0 aromatic heterocycles. The normalized spacial score (nSPS) is 11.5. The minimum absolute atomic E-state index is 0.0637. The average Bonchev–Trinajstić information content (AvgIpc) is 2.16. The third kappa shape index (κ3) is 2.88. The third-order valence-corrected chi connectivity index (χ3v) is 2.12. The lowest BCUT2D eigenvalue weighted by molar-refractivity contribution is -0.137. The first-order valence-corrected chi connectivity index (χ1v) is 4.89. The second-order valence-corrected chi connectivity index (χ2v) is 3.47. The van der Waals surface area contributed by atoms with Crippen LogP contribution in [0.25, 0.3) is 0 Å². The molecule has 0 aliphatic heterocycles. The molecule has 16 heavy (non-hydrogen) atoms. The second kappa shape index (κ2) is 4.74. The molecular weight excluding hydrogens is 245 g/mol. The summed E-state index contributed by atoms with van der Waals surface area (Å²) in [6.07, 6.45) is -4.82. The first kappa shape index (κ1) is 12.8. The van der Waals surface area contributed by atoms with Gasteiger partial charge in [0, 0.05) is 17.9 Å². The third-order valence-electron chi connectivity index (χ3n) is 1.93. The predicted molar refractivity (Wildman–Crippen MR) is 52.8 cm³/mol. The van der Waals surface area contributed by atoms with Gasteiger partial charge in [-0.25, -0.2) is 0 Å². The summed E-state index contributed by atoms with van der Waals surface area (Å²) in [6.45, 7) is 0. The molecule has 0 heterocycles. The molecule has 0 atom stereocenters. The van der Waals surface area contributed by atoms with Gasteiger partial charge >= 0.3 is 6.18 Å². The fourth-order valence-electron chi connectivity index (χ4n) is 1.23. The Bertz CT molecular complexity index is 402. The molecule has 0 saturated heterocycles. The predicted octanol–water partition coefficient (Wildman–Crippen LogP) is 3.22. The number of Topliss-reactive ketones (excluding diaryl/α,β-unsaturated/α-hetero) is 1. The summed E-state index contributed by atoms with van der Waals surface area (Å²) in [5.74, 6) is -1.18. The van der Waals surface area contributed by atoms with Crippen molar-refractivity contribution in [2.45, 2.75) is 12.6 Å². The Morgan fingerprint density at radius 1 is 1.38 bits per heavy atom. The SMILES string of the molecule is O=C(CCCl)c1cc(O)ccc1C(F)(F)F. The van der Waals surface area contributed by atoms with E-state index in [0.29, 0.717) is 6.07 Å². The van der Waals surface area contributed by atoms with E-state index in [1.807, 2.05) is 0 Å². The molecule has 6 heteroatoms. The molecule has 1 aromatic rings. The summed E-state index contributed by atoms with van der Waals surface area (Å²) in [6, 6.07) is 2.37. The van der Waals surface area contributed by atoms with Crippen LogP contribution in [0.4, 0.5) is 13.2 Å². The Hall–Kier alpha value is -1.23. The molecule has 0 aliphatic carbocycles. The van der Waals surface area contributed by atoms with Crippen LogP contribution in [0.2, 0.25) is 0 Å². The number of hydrogen-bond donors (Lipinski definition) is 1. The molecule has 0 saturated carbocycles. The van der Waals surface area contributed by atoms with Gasteiger partial charge in [-0.1, -0.05) is 0 Å². The highest BCUT2D eigenvalue weighted by atomic mass is 35.5. The minimum atomic E-state index is -4.62. The second-order valence-electron chi connectivity index (χ2n) is 3.09. The number of ketones is 1. The van der Waals surface area contributed by atoms with Crippen molar-refractivity contribution in [1.82, 2.24) is 0 Å². The van der Waals surface area contributed by atoms with Gasteiger partial charge in [0.2, 0.25) is 0 Å². The van der Waals surface area contributed by atoms with Crippen LogP contribution >= 0.6 is 11.6 Å². The van der Waals surface area contributed by atoms with Gasteiger partial charge in [0.15, 0.2) is 5.78 Å². The summed E-state index contributed by atoms with van der Waals surface area (Å²) in [5.41, 5.74) is -1.60. The van der Waals surface area contributed by atoms with Crippen LogP contribution in [0.15, 0.2) is 18.2 Å². The molecule has 0 spiro atoms. The van der Waals surface area contributed by atoms with Crippen LogP contribution in [0, 0.1) is 0 Å². The number of rotatable bonds is 3. The summed E-state index contributed by atoms with van der Waals surface area (Å²) in [7, 11) is 0. The molecule has 1 N–H and O–H groups in total. The molecule has 0 radical (unpaired) electrons. The number of halogens is 4. The summed E-state index contributed by atoms with van der Waals surface area (Å²) in [4.78, 5) is 11.4. The van der Waals surface area contributed by atoms with Crippen LogP contribution in [0.3, 0.4) is 0 Å². The van der Waals surface area contributed by atoms with Crippen LogP contribution in [0.1, 0.15) is 22.3 Å². The van der Waals surface area contributed by atoms with E-state index in [0.717, 1.165) is 12.1 Å². The zero-order valence-corrected chi connectivity index (χ0v) is 8.77. The van der Waals surface area contributed by atoms with Gasteiger partial charge in [0.25, 0.3) is 0 Å². The van der Waals surface area contributed by atoms with E-state index < -0.39 is 23.1 Å². The number of carbonyl (C=O) groups excluding carboxylic acids is 1.